The minimum atomic E-state index is -4.16. The lowest BCUT2D eigenvalue weighted by Gasteiger charge is -1.99. The molecule has 0 aliphatic heterocycles. The molecule has 0 amide bonds. The van der Waals surface area contributed by atoms with Crippen LogP contribution in [0.2, 0.25) is 0 Å². The topological polar surface area (TPSA) is 81.4 Å². The number of hydrogen-bond acceptors (Lipinski definition) is 4. The lowest BCUT2D eigenvalue weighted by molar-refractivity contribution is 0.324. The Hall–Kier alpha value is -1.18. The van der Waals surface area contributed by atoms with E-state index >= 15 is 0 Å². The lowest BCUT2D eigenvalue weighted by Crippen LogP contribution is -1.96. The molecule has 0 unspecified atom stereocenters. The van der Waals surface area contributed by atoms with Crippen LogP contribution in [0.15, 0.2) is 25.3 Å². The van der Waals surface area contributed by atoms with Crippen molar-refractivity contribution in [3.05, 3.63) is 25.3 Å². The van der Waals surface area contributed by atoms with Crippen molar-refractivity contribution in [3.8, 4) is 0 Å². The Bertz CT molecular complexity index is 383. The van der Waals surface area contributed by atoms with Crippen LogP contribution in [0.25, 0.3) is 5.70 Å². The van der Waals surface area contributed by atoms with Gasteiger partial charge in [-0.05, 0) is 6.42 Å². The fourth-order valence-electron chi connectivity index (χ4n) is 0.629. The van der Waals surface area contributed by atoms with Crippen molar-refractivity contribution in [3.63, 3.8) is 0 Å². The average Bonchev–Trinajstić information content (AvgIpc) is 2.69. The van der Waals surface area contributed by atoms with Crippen LogP contribution in [0, 0.1) is 0 Å². The van der Waals surface area contributed by atoms with Gasteiger partial charge in [-0.1, -0.05) is 13.5 Å². The Morgan fingerprint density at radius 3 is 2.47 bits per heavy atom. The van der Waals surface area contributed by atoms with Crippen molar-refractivity contribution in [1.82, 2.24) is 9.55 Å². The summed E-state index contributed by atoms with van der Waals surface area (Å²) < 4.78 is 31.6. The third-order valence-electron chi connectivity index (χ3n) is 1.49. The molecule has 0 bridgehead atoms. The van der Waals surface area contributed by atoms with Crippen molar-refractivity contribution < 1.29 is 17.2 Å². The first-order valence-corrected chi connectivity index (χ1v) is 5.46. The molecule has 1 rings (SSSR count). The van der Waals surface area contributed by atoms with Crippen LogP contribution >= 0.6 is 0 Å². The number of hydrogen-bond donors (Lipinski definition) is 1. The third kappa shape index (κ3) is 6.83. The smallest absolute Gasteiger partial charge is 0.311 e. The number of nitrogens with zero attached hydrogens (tertiary/aromatic N) is 2. The molecular formula is C8H14N2O4S. The summed E-state index contributed by atoms with van der Waals surface area (Å²) in [5.41, 5.74) is 1.08. The second-order valence-corrected chi connectivity index (χ2v) is 3.67. The standard InChI is InChI=1S/C7H10N2.CH4O4S/c1-3-7(2)9-5-4-8-6-9;1-5-6(2,3)4/h4-6H,2-3H2,1H3;1H3,(H,2,3,4). The van der Waals surface area contributed by atoms with Gasteiger partial charge < -0.3 is 4.57 Å². The summed E-state index contributed by atoms with van der Waals surface area (Å²) in [6.07, 6.45) is 6.37. The van der Waals surface area contributed by atoms with Gasteiger partial charge in [0.05, 0.1) is 13.4 Å². The van der Waals surface area contributed by atoms with E-state index in [0.29, 0.717) is 0 Å². The number of allylic oxidation sites excluding steroid dienone is 1. The summed E-state index contributed by atoms with van der Waals surface area (Å²) in [7, 11) is -3.29. The van der Waals surface area contributed by atoms with Gasteiger partial charge in [-0.15, -0.1) is 0 Å². The van der Waals surface area contributed by atoms with Gasteiger partial charge in [0.25, 0.3) is 0 Å². The summed E-state index contributed by atoms with van der Waals surface area (Å²) in [5.74, 6) is 0. The minimum Gasteiger partial charge on any atom is -0.311 e. The molecule has 0 saturated carbocycles. The van der Waals surface area contributed by atoms with Gasteiger partial charge in [-0.2, -0.15) is 8.42 Å². The van der Waals surface area contributed by atoms with E-state index in [4.69, 9.17) is 4.55 Å². The summed E-state index contributed by atoms with van der Waals surface area (Å²) in [5, 5.41) is 0. The highest BCUT2D eigenvalue weighted by atomic mass is 32.3. The molecule has 1 aromatic rings. The molecule has 6 nitrogen and oxygen atoms in total. The zero-order valence-electron chi connectivity index (χ0n) is 8.62. The van der Waals surface area contributed by atoms with Crippen LogP contribution in [-0.4, -0.2) is 29.6 Å². The van der Waals surface area contributed by atoms with Crippen molar-refractivity contribution in [2.45, 2.75) is 13.3 Å². The molecule has 0 aromatic carbocycles. The summed E-state index contributed by atoms with van der Waals surface area (Å²) in [4.78, 5) is 3.89. The van der Waals surface area contributed by atoms with E-state index in [1.807, 2.05) is 10.8 Å². The summed E-state index contributed by atoms with van der Waals surface area (Å²) in [6.45, 7) is 5.91. The maximum atomic E-state index is 9.33. The van der Waals surface area contributed by atoms with Gasteiger partial charge in [0, 0.05) is 18.1 Å². The molecule has 15 heavy (non-hydrogen) atoms. The number of rotatable bonds is 3. The van der Waals surface area contributed by atoms with Gasteiger partial charge in [-0.3, -0.25) is 8.74 Å². The van der Waals surface area contributed by atoms with Crippen molar-refractivity contribution in [2.24, 2.45) is 0 Å². The van der Waals surface area contributed by atoms with Crippen LogP contribution in [0.4, 0.5) is 0 Å². The fraction of sp³-hybridized carbons (Fsp3) is 0.375. The Balaban J connectivity index is 0.000000288. The zero-order chi connectivity index (χ0) is 11.9. The first kappa shape index (κ1) is 13.8. The van der Waals surface area contributed by atoms with Gasteiger partial charge in [-0.25, -0.2) is 4.98 Å². The summed E-state index contributed by atoms with van der Waals surface area (Å²) in [6, 6.07) is 0. The normalized spacial score (nSPS) is 10.3. The van der Waals surface area contributed by atoms with E-state index in [0.717, 1.165) is 19.2 Å². The molecule has 0 aliphatic rings. The monoisotopic (exact) mass is 234 g/mol. The highest BCUT2D eigenvalue weighted by molar-refractivity contribution is 7.80. The second-order valence-electron chi connectivity index (χ2n) is 2.48. The van der Waals surface area contributed by atoms with Crippen molar-refractivity contribution >= 4 is 16.1 Å². The van der Waals surface area contributed by atoms with Gasteiger partial charge >= 0.3 is 10.4 Å². The van der Waals surface area contributed by atoms with E-state index in [1.165, 1.54) is 0 Å². The molecule has 0 saturated heterocycles. The Morgan fingerprint density at radius 1 is 1.67 bits per heavy atom. The Morgan fingerprint density at radius 2 is 2.20 bits per heavy atom. The van der Waals surface area contributed by atoms with Crippen molar-refractivity contribution in [1.29, 1.82) is 0 Å². The molecule has 86 valence electrons. The molecule has 0 atom stereocenters. The molecule has 1 heterocycles. The van der Waals surface area contributed by atoms with Crippen LogP contribution in [0.3, 0.4) is 0 Å². The predicted octanol–water partition coefficient (Wildman–Crippen LogP) is 1.20. The molecule has 0 spiro atoms. The van der Waals surface area contributed by atoms with Crippen LogP contribution in [0.1, 0.15) is 13.3 Å². The van der Waals surface area contributed by atoms with E-state index in [9.17, 15) is 8.42 Å². The first-order chi connectivity index (χ1) is 6.90. The minimum absolute atomic E-state index is 0.870. The van der Waals surface area contributed by atoms with E-state index < -0.39 is 10.4 Å². The SMILES string of the molecule is C=C(CC)n1ccnc1.COS(=O)(=O)O. The van der Waals surface area contributed by atoms with E-state index in [1.54, 1.807) is 12.5 Å². The average molecular weight is 234 g/mol. The molecule has 7 heteroatoms. The van der Waals surface area contributed by atoms with Crippen LogP contribution in [0.5, 0.6) is 0 Å². The molecule has 1 aromatic heterocycles. The summed E-state index contributed by atoms with van der Waals surface area (Å²) >= 11 is 0. The quantitative estimate of drug-likeness (QED) is 0.795. The van der Waals surface area contributed by atoms with Gasteiger partial charge in [0.1, 0.15) is 0 Å². The lowest BCUT2D eigenvalue weighted by atomic mass is 10.4. The number of aromatic nitrogens is 2. The number of imidazole rings is 1. The van der Waals surface area contributed by atoms with Crippen LogP contribution < -0.4 is 0 Å². The fourth-order valence-corrected chi connectivity index (χ4v) is 0.629. The highest BCUT2D eigenvalue weighted by Crippen LogP contribution is 2.02. The maximum Gasteiger partial charge on any atom is 0.397 e. The highest BCUT2D eigenvalue weighted by Gasteiger charge is 1.94. The van der Waals surface area contributed by atoms with E-state index in [-0.39, 0.29) is 0 Å². The second kappa shape index (κ2) is 6.33. The molecular weight excluding hydrogens is 220 g/mol. The Kier molecular flexibility index (Phi) is 5.83. The zero-order valence-corrected chi connectivity index (χ0v) is 9.44. The van der Waals surface area contributed by atoms with Crippen molar-refractivity contribution in [2.75, 3.05) is 7.11 Å². The first-order valence-electron chi connectivity index (χ1n) is 4.09. The third-order valence-corrected chi connectivity index (χ3v) is 1.91. The molecule has 1 N–H and O–H groups in total. The van der Waals surface area contributed by atoms with Gasteiger partial charge in [0.2, 0.25) is 0 Å². The molecule has 0 radical (unpaired) electrons. The van der Waals surface area contributed by atoms with Crippen LogP contribution in [-0.2, 0) is 14.6 Å². The maximum absolute atomic E-state index is 9.33. The Labute approximate surface area is 89.2 Å². The van der Waals surface area contributed by atoms with E-state index in [2.05, 4.69) is 22.7 Å². The largest absolute Gasteiger partial charge is 0.397 e. The molecule has 0 aliphatic carbocycles. The molecule has 0 fully saturated rings. The van der Waals surface area contributed by atoms with Gasteiger partial charge in [0.15, 0.2) is 0 Å². The predicted molar refractivity (Wildman–Crippen MR) is 56.4 cm³/mol.